The van der Waals surface area contributed by atoms with Gasteiger partial charge in [-0.1, -0.05) is 0 Å². The number of aromatic nitrogens is 2. The Morgan fingerprint density at radius 3 is 2.52 bits per heavy atom. The third kappa shape index (κ3) is 5.95. The maximum atomic E-state index is 12.1. The van der Waals surface area contributed by atoms with Crippen molar-refractivity contribution in [3.05, 3.63) is 41.6 Å². The van der Waals surface area contributed by atoms with Gasteiger partial charge in [0.05, 0.1) is 6.61 Å². The molecule has 0 unspecified atom stereocenters. The molecule has 1 amide bonds. The van der Waals surface area contributed by atoms with Crippen molar-refractivity contribution in [1.82, 2.24) is 15.3 Å². The molecule has 1 aromatic carbocycles. The molecule has 0 saturated heterocycles. The summed E-state index contributed by atoms with van der Waals surface area (Å²) in [5.74, 6) is 1.98. The summed E-state index contributed by atoms with van der Waals surface area (Å²) in [6, 6.07) is 8.97. The highest BCUT2D eigenvalue weighted by Crippen LogP contribution is 2.12. The number of benzene rings is 1. The minimum absolute atomic E-state index is 0.114. The summed E-state index contributed by atoms with van der Waals surface area (Å²) in [6.07, 6.45) is 0. The first kappa shape index (κ1) is 18.5. The Morgan fingerprint density at radius 2 is 1.84 bits per heavy atom. The molecule has 0 atom stereocenters. The molecule has 0 radical (unpaired) electrons. The summed E-state index contributed by atoms with van der Waals surface area (Å²) in [4.78, 5) is 20.8. The number of anilines is 2. The van der Waals surface area contributed by atoms with Gasteiger partial charge in [-0.3, -0.25) is 4.79 Å². The normalized spacial score (nSPS) is 10.2. The maximum Gasteiger partial charge on any atom is 0.251 e. The molecule has 7 nitrogen and oxygen atoms in total. The van der Waals surface area contributed by atoms with E-state index in [-0.39, 0.29) is 5.91 Å². The second-order valence-corrected chi connectivity index (χ2v) is 5.39. The molecule has 1 aromatic heterocycles. The lowest BCUT2D eigenvalue weighted by Crippen LogP contribution is -2.28. The first-order chi connectivity index (χ1) is 12.1. The molecule has 134 valence electrons. The summed E-state index contributed by atoms with van der Waals surface area (Å²) in [5, 5.41) is 9.16. The van der Waals surface area contributed by atoms with Gasteiger partial charge in [-0.25, -0.2) is 4.98 Å². The van der Waals surface area contributed by atoms with Crippen LogP contribution in [0.4, 0.5) is 11.8 Å². The van der Waals surface area contributed by atoms with Crippen LogP contribution >= 0.6 is 0 Å². The molecule has 0 fully saturated rings. The largest absolute Gasteiger partial charge is 0.494 e. The van der Waals surface area contributed by atoms with Crippen molar-refractivity contribution < 1.29 is 9.53 Å². The first-order valence-corrected chi connectivity index (χ1v) is 8.46. The fourth-order valence-corrected chi connectivity index (χ4v) is 2.23. The van der Waals surface area contributed by atoms with Crippen LogP contribution in [0.15, 0.2) is 30.3 Å². The fraction of sp³-hybridized carbons (Fsp3) is 0.389. The quantitative estimate of drug-likeness (QED) is 0.606. The van der Waals surface area contributed by atoms with Crippen molar-refractivity contribution in [2.24, 2.45) is 0 Å². The summed E-state index contributed by atoms with van der Waals surface area (Å²) in [5.41, 5.74) is 1.49. The lowest BCUT2D eigenvalue weighted by molar-refractivity contribution is 0.0955. The number of hydrogen-bond donors (Lipinski definition) is 3. The van der Waals surface area contributed by atoms with Crippen molar-refractivity contribution in [2.75, 3.05) is 36.9 Å². The van der Waals surface area contributed by atoms with E-state index >= 15 is 0 Å². The predicted molar refractivity (Wildman–Crippen MR) is 99.4 cm³/mol. The average molecular weight is 343 g/mol. The van der Waals surface area contributed by atoms with Crippen LogP contribution in [0.25, 0.3) is 0 Å². The molecule has 2 rings (SSSR count). The SMILES string of the molecule is CCNc1nc(C)cc(NCCNC(=O)c2ccc(OCC)cc2)n1. The number of carbonyl (C=O) groups is 1. The van der Waals surface area contributed by atoms with Gasteiger partial charge in [-0.15, -0.1) is 0 Å². The molecule has 0 saturated carbocycles. The number of nitrogens with zero attached hydrogens (tertiary/aromatic N) is 2. The number of aryl methyl sites for hydroxylation is 1. The number of hydrogen-bond acceptors (Lipinski definition) is 6. The van der Waals surface area contributed by atoms with Crippen molar-refractivity contribution in [1.29, 1.82) is 0 Å². The van der Waals surface area contributed by atoms with Crippen molar-refractivity contribution in [3.63, 3.8) is 0 Å². The van der Waals surface area contributed by atoms with Gasteiger partial charge in [0.15, 0.2) is 0 Å². The summed E-state index contributed by atoms with van der Waals surface area (Å²) < 4.78 is 5.37. The molecular weight excluding hydrogens is 318 g/mol. The van der Waals surface area contributed by atoms with Crippen LogP contribution in [0.1, 0.15) is 29.9 Å². The van der Waals surface area contributed by atoms with E-state index < -0.39 is 0 Å². The monoisotopic (exact) mass is 343 g/mol. The number of rotatable bonds is 9. The molecule has 1 heterocycles. The minimum atomic E-state index is -0.114. The van der Waals surface area contributed by atoms with Crippen LogP contribution in [-0.2, 0) is 0 Å². The number of ether oxygens (including phenoxy) is 1. The Morgan fingerprint density at radius 1 is 1.08 bits per heavy atom. The molecule has 0 spiro atoms. The number of nitrogens with one attached hydrogen (secondary N) is 3. The topological polar surface area (TPSA) is 88.2 Å². The molecule has 25 heavy (non-hydrogen) atoms. The van der Waals surface area contributed by atoms with Gasteiger partial charge in [0.1, 0.15) is 11.6 Å². The van der Waals surface area contributed by atoms with E-state index in [1.165, 1.54) is 0 Å². The molecule has 3 N–H and O–H groups in total. The molecule has 0 bridgehead atoms. The zero-order valence-corrected chi connectivity index (χ0v) is 14.9. The molecule has 7 heteroatoms. The smallest absolute Gasteiger partial charge is 0.251 e. The van der Waals surface area contributed by atoms with Gasteiger partial charge in [-0.2, -0.15) is 4.98 Å². The van der Waals surface area contributed by atoms with E-state index in [1.807, 2.05) is 26.8 Å². The fourth-order valence-electron chi connectivity index (χ4n) is 2.23. The molecule has 0 aliphatic carbocycles. The van der Waals surface area contributed by atoms with Crippen LogP contribution in [0.3, 0.4) is 0 Å². The van der Waals surface area contributed by atoms with Crippen LogP contribution in [-0.4, -0.2) is 42.1 Å². The Hall–Kier alpha value is -2.83. The average Bonchev–Trinajstić information content (AvgIpc) is 2.59. The summed E-state index contributed by atoms with van der Waals surface area (Å²) >= 11 is 0. The standard InChI is InChI=1S/C18H25N5O2/c1-4-19-18-22-13(3)12-16(23-18)20-10-11-21-17(24)14-6-8-15(9-7-14)25-5-2/h6-9,12H,4-5,10-11H2,1-3H3,(H,21,24)(H2,19,20,22,23). The zero-order valence-electron chi connectivity index (χ0n) is 14.9. The Balaban J connectivity index is 1.79. The van der Waals surface area contributed by atoms with E-state index in [0.717, 1.165) is 23.8 Å². The lowest BCUT2D eigenvalue weighted by Gasteiger charge is -2.10. The Bertz CT molecular complexity index is 688. The lowest BCUT2D eigenvalue weighted by atomic mass is 10.2. The van der Waals surface area contributed by atoms with Gasteiger partial charge in [0.25, 0.3) is 5.91 Å². The first-order valence-electron chi connectivity index (χ1n) is 8.46. The summed E-state index contributed by atoms with van der Waals surface area (Å²) in [6.45, 7) is 8.28. The highest BCUT2D eigenvalue weighted by molar-refractivity contribution is 5.94. The van der Waals surface area contributed by atoms with E-state index in [9.17, 15) is 4.79 Å². The van der Waals surface area contributed by atoms with Crippen molar-refractivity contribution in [2.45, 2.75) is 20.8 Å². The van der Waals surface area contributed by atoms with Gasteiger partial charge < -0.3 is 20.7 Å². The van der Waals surface area contributed by atoms with E-state index in [2.05, 4.69) is 25.9 Å². The maximum absolute atomic E-state index is 12.1. The van der Waals surface area contributed by atoms with E-state index in [1.54, 1.807) is 24.3 Å². The van der Waals surface area contributed by atoms with Gasteiger partial charge in [0.2, 0.25) is 5.95 Å². The second kappa shape index (κ2) is 9.46. The number of carbonyl (C=O) groups excluding carboxylic acids is 1. The number of amides is 1. The van der Waals surface area contributed by atoms with E-state index in [0.29, 0.717) is 31.2 Å². The predicted octanol–water partition coefficient (Wildman–Crippen LogP) is 2.46. The minimum Gasteiger partial charge on any atom is -0.494 e. The molecular formula is C18H25N5O2. The second-order valence-electron chi connectivity index (χ2n) is 5.39. The van der Waals surface area contributed by atoms with Crippen LogP contribution < -0.4 is 20.7 Å². The molecule has 0 aliphatic heterocycles. The van der Waals surface area contributed by atoms with Crippen molar-refractivity contribution in [3.8, 4) is 5.75 Å². The van der Waals surface area contributed by atoms with Gasteiger partial charge in [-0.05, 0) is 45.0 Å². The van der Waals surface area contributed by atoms with Crippen LogP contribution in [0.5, 0.6) is 5.75 Å². The Labute approximate surface area is 148 Å². The van der Waals surface area contributed by atoms with Crippen LogP contribution in [0.2, 0.25) is 0 Å². The van der Waals surface area contributed by atoms with Gasteiger partial charge in [0, 0.05) is 37.0 Å². The van der Waals surface area contributed by atoms with Gasteiger partial charge >= 0.3 is 0 Å². The van der Waals surface area contributed by atoms with E-state index in [4.69, 9.17) is 4.74 Å². The third-order valence-electron chi connectivity index (χ3n) is 3.33. The molecule has 2 aromatic rings. The highest BCUT2D eigenvalue weighted by atomic mass is 16.5. The Kier molecular flexibility index (Phi) is 7.00. The summed E-state index contributed by atoms with van der Waals surface area (Å²) in [7, 11) is 0. The third-order valence-corrected chi connectivity index (χ3v) is 3.33. The highest BCUT2D eigenvalue weighted by Gasteiger charge is 2.05. The zero-order chi connectivity index (χ0) is 18.1. The molecule has 0 aliphatic rings. The van der Waals surface area contributed by atoms with Crippen LogP contribution in [0, 0.1) is 6.92 Å². The van der Waals surface area contributed by atoms with Crippen molar-refractivity contribution >= 4 is 17.7 Å².